The number of hydrogen-bond acceptors (Lipinski definition) is 3. The topological polar surface area (TPSA) is 46.3 Å². The molecular formula is C15H21N2O. The molecular weight excluding hydrogens is 224 g/mol. The van der Waals surface area contributed by atoms with Gasteiger partial charge in [0.1, 0.15) is 0 Å². The second-order valence-corrected chi connectivity index (χ2v) is 5.05. The highest BCUT2D eigenvalue weighted by molar-refractivity contribution is 5.54. The molecule has 2 rings (SSSR count). The number of rotatable bonds is 4. The van der Waals surface area contributed by atoms with E-state index in [4.69, 9.17) is 5.73 Å². The predicted molar refractivity (Wildman–Crippen MR) is 73.9 cm³/mol. The van der Waals surface area contributed by atoms with E-state index < -0.39 is 0 Å². The van der Waals surface area contributed by atoms with Gasteiger partial charge in [-0.1, -0.05) is 13.0 Å². The van der Waals surface area contributed by atoms with E-state index in [1.165, 1.54) is 11.1 Å². The summed E-state index contributed by atoms with van der Waals surface area (Å²) in [7, 11) is 0. The number of carbonyl (C=O) groups excluding carboxylic acids is 1. The molecule has 1 radical (unpaired) electrons. The van der Waals surface area contributed by atoms with Gasteiger partial charge in [-0.25, -0.2) is 0 Å². The van der Waals surface area contributed by atoms with E-state index in [1.807, 2.05) is 6.07 Å². The molecule has 0 atom stereocenters. The van der Waals surface area contributed by atoms with Crippen molar-refractivity contribution in [3.63, 3.8) is 0 Å². The molecule has 0 amide bonds. The Morgan fingerprint density at radius 3 is 2.67 bits per heavy atom. The van der Waals surface area contributed by atoms with E-state index in [1.54, 1.807) is 0 Å². The normalized spacial score (nSPS) is 17.8. The van der Waals surface area contributed by atoms with E-state index in [9.17, 15) is 4.79 Å². The lowest BCUT2D eigenvalue weighted by atomic mass is 9.97. The van der Waals surface area contributed by atoms with Gasteiger partial charge in [0, 0.05) is 18.2 Å². The van der Waals surface area contributed by atoms with Crippen molar-refractivity contribution in [1.82, 2.24) is 4.90 Å². The van der Waals surface area contributed by atoms with Crippen LogP contribution in [0.5, 0.6) is 0 Å². The van der Waals surface area contributed by atoms with E-state index in [0.717, 1.165) is 44.6 Å². The van der Waals surface area contributed by atoms with Gasteiger partial charge in [0.25, 0.3) is 0 Å². The van der Waals surface area contributed by atoms with Crippen LogP contribution >= 0.6 is 0 Å². The van der Waals surface area contributed by atoms with Gasteiger partial charge in [-0.15, -0.1) is 0 Å². The van der Waals surface area contributed by atoms with Crippen LogP contribution in [0.15, 0.2) is 18.2 Å². The first kappa shape index (κ1) is 13.1. The van der Waals surface area contributed by atoms with Crippen LogP contribution in [-0.2, 0) is 17.8 Å². The molecule has 18 heavy (non-hydrogen) atoms. The molecule has 2 N–H and O–H groups in total. The summed E-state index contributed by atoms with van der Waals surface area (Å²) < 4.78 is 0. The van der Waals surface area contributed by atoms with E-state index >= 15 is 0 Å². The number of hydrogen-bond donors (Lipinski definition) is 1. The van der Waals surface area contributed by atoms with Crippen molar-refractivity contribution >= 4 is 12.0 Å². The zero-order valence-electron chi connectivity index (χ0n) is 11.0. The standard InChI is InChI=1S/C15H21N2O/c1-2-13-3-4-15(16)9-14(13)10-17-7-5-12(11-18)6-8-17/h3-4,9,12H,2,5-8,10,16H2,1H3. The van der Waals surface area contributed by atoms with Crippen molar-refractivity contribution in [2.45, 2.75) is 32.7 Å². The van der Waals surface area contributed by atoms with E-state index in [0.29, 0.717) is 0 Å². The smallest absolute Gasteiger partial charge is 0.201 e. The Bertz CT molecular complexity index is 409. The molecule has 0 aliphatic carbocycles. The first-order valence-corrected chi connectivity index (χ1v) is 6.70. The molecule has 0 aromatic heterocycles. The minimum atomic E-state index is 0.146. The number of benzene rings is 1. The molecule has 0 spiro atoms. The van der Waals surface area contributed by atoms with Crippen LogP contribution in [0.1, 0.15) is 30.9 Å². The molecule has 1 saturated heterocycles. The summed E-state index contributed by atoms with van der Waals surface area (Å²) in [5, 5.41) is 0. The molecule has 1 fully saturated rings. The van der Waals surface area contributed by atoms with Crippen molar-refractivity contribution in [3.8, 4) is 0 Å². The summed E-state index contributed by atoms with van der Waals surface area (Å²) in [5.74, 6) is 0.146. The summed E-state index contributed by atoms with van der Waals surface area (Å²) in [4.78, 5) is 13.0. The monoisotopic (exact) mass is 245 g/mol. The van der Waals surface area contributed by atoms with E-state index in [-0.39, 0.29) is 5.92 Å². The molecule has 1 aliphatic heterocycles. The molecule has 3 heteroatoms. The van der Waals surface area contributed by atoms with Gasteiger partial charge in [-0.05, 0) is 55.6 Å². The van der Waals surface area contributed by atoms with E-state index in [2.05, 4.69) is 30.2 Å². The first-order chi connectivity index (χ1) is 8.72. The zero-order valence-corrected chi connectivity index (χ0v) is 11.0. The van der Waals surface area contributed by atoms with Crippen LogP contribution in [0.4, 0.5) is 5.69 Å². The number of piperidine rings is 1. The van der Waals surface area contributed by atoms with Gasteiger partial charge < -0.3 is 5.73 Å². The lowest BCUT2D eigenvalue weighted by Gasteiger charge is -2.29. The summed E-state index contributed by atoms with van der Waals surface area (Å²) in [6.45, 7) is 5.08. The SMILES string of the molecule is CCc1ccc(N)cc1CN1CCC([C]=O)CC1. The van der Waals surface area contributed by atoms with Crippen molar-refractivity contribution in [3.05, 3.63) is 29.3 Å². The molecule has 0 saturated carbocycles. The average Bonchev–Trinajstić information content (AvgIpc) is 2.40. The number of likely N-dealkylation sites (tertiary alicyclic amines) is 1. The highest BCUT2D eigenvalue weighted by Crippen LogP contribution is 2.20. The first-order valence-electron chi connectivity index (χ1n) is 6.70. The average molecular weight is 245 g/mol. The fourth-order valence-electron chi connectivity index (χ4n) is 2.59. The quantitative estimate of drug-likeness (QED) is 0.827. The maximum atomic E-state index is 10.6. The Hall–Kier alpha value is -1.35. The van der Waals surface area contributed by atoms with Gasteiger partial charge in [-0.2, -0.15) is 0 Å². The third kappa shape index (κ3) is 3.10. The largest absolute Gasteiger partial charge is 0.399 e. The zero-order chi connectivity index (χ0) is 13.0. The summed E-state index contributed by atoms with van der Waals surface area (Å²) in [5.41, 5.74) is 9.39. The van der Waals surface area contributed by atoms with Crippen molar-refractivity contribution in [1.29, 1.82) is 0 Å². The third-order valence-electron chi connectivity index (χ3n) is 3.76. The second-order valence-electron chi connectivity index (χ2n) is 5.05. The highest BCUT2D eigenvalue weighted by Gasteiger charge is 2.19. The van der Waals surface area contributed by atoms with Crippen LogP contribution in [0.3, 0.4) is 0 Å². The summed E-state index contributed by atoms with van der Waals surface area (Å²) in [6, 6.07) is 6.17. The fourth-order valence-corrected chi connectivity index (χ4v) is 2.59. The molecule has 3 nitrogen and oxygen atoms in total. The molecule has 0 bridgehead atoms. The highest BCUT2D eigenvalue weighted by atomic mass is 16.1. The minimum Gasteiger partial charge on any atom is -0.399 e. The minimum absolute atomic E-state index is 0.146. The summed E-state index contributed by atoms with van der Waals surface area (Å²) in [6.07, 6.45) is 5.03. The van der Waals surface area contributed by atoms with Crippen molar-refractivity contribution in [2.75, 3.05) is 18.8 Å². The number of nitrogens with zero attached hydrogens (tertiary/aromatic N) is 1. The number of aryl methyl sites for hydroxylation is 1. The Balaban J connectivity index is 2.01. The lowest BCUT2D eigenvalue weighted by Crippen LogP contribution is -2.33. The van der Waals surface area contributed by atoms with Gasteiger partial charge in [0.15, 0.2) is 0 Å². The Morgan fingerprint density at radius 2 is 2.06 bits per heavy atom. The molecule has 1 aromatic carbocycles. The second kappa shape index (κ2) is 6.01. The molecule has 1 aromatic rings. The number of anilines is 1. The Labute approximate surface area is 109 Å². The number of nitrogens with two attached hydrogens (primary N) is 1. The fraction of sp³-hybridized carbons (Fsp3) is 0.533. The third-order valence-corrected chi connectivity index (χ3v) is 3.76. The van der Waals surface area contributed by atoms with Gasteiger partial charge in [-0.3, -0.25) is 9.69 Å². The van der Waals surface area contributed by atoms with Crippen molar-refractivity contribution < 1.29 is 4.79 Å². The molecule has 97 valence electrons. The maximum Gasteiger partial charge on any atom is 0.201 e. The Morgan fingerprint density at radius 1 is 1.33 bits per heavy atom. The maximum absolute atomic E-state index is 10.6. The van der Waals surface area contributed by atoms with Crippen LogP contribution in [0.2, 0.25) is 0 Å². The van der Waals surface area contributed by atoms with Gasteiger partial charge in [0.05, 0.1) is 0 Å². The van der Waals surface area contributed by atoms with Crippen molar-refractivity contribution in [2.24, 2.45) is 5.92 Å². The van der Waals surface area contributed by atoms with Gasteiger partial charge in [0.2, 0.25) is 6.29 Å². The van der Waals surface area contributed by atoms with Crippen LogP contribution in [0, 0.1) is 5.92 Å². The lowest BCUT2D eigenvalue weighted by molar-refractivity contribution is 0.199. The molecule has 1 aliphatic rings. The number of nitrogen functional groups attached to an aromatic ring is 1. The predicted octanol–water partition coefficient (Wildman–Crippen LogP) is 2.15. The molecule has 0 unspecified atom stereocenters. The summed E-state index contributed by atoms with van der Waals surface area (Å²) >= 11 is 0. The van der Waals surface area contributed by atoms with Crippen LogP contribution < -0.4 is 5.73 Å². The molecule has 1 heterocycles. The van der Waals surface area contributed by atoms with Gasteiger partial charge >= 0.3 is 0 Å². The van der Waals surface area contributed by atoms with Crippen LogP contribution in [-0.4, -0.2) is 24.3 Å². The van der Waals surface area contributed by atoms with Crippen LogP contribution in [0.25, 0.3) is 0 Å². The Kier molecular flexibility index (Phi) is 4.37.